The van der Waals surface area contributed by atoms with Crippen LogP contribution in [-0.2, 0) is 7.05 Å². The number of nitrogens with zero attached hydrogens (tertiary/aromatic N) is 8. The molecule has 10 heteroatoms. The van der Waals surface area contributed by atoms with E-state index in [2.05, 4.69) is 60.2 Å². The molecular formula is C20H30N10. The SMILES string of the molecule is CCNC(=NCCNc1ncnc2c1cnn2C)N1CCC(C)C(n2ccnc2)C1. The van der Waals surface area contributed by atoms with E-state index in [1.807, 2.05) is 19.6 Å². The van der Waals surface area contributed by atoms with Gasteiger partial charge in [0, 0.05) is 45.6 Å². The quantitative estimate of drug-likeness (QED) is 0.361. The Hall–Kier alpha value is -3.17. The molecule has 4 heterocycles. The number of aliphatic imine (C=N–C) groups is 1. The van der Waals surface area contributed by atoms with Gasteiger partial charge in [0.05, 0.1) is 30.5 Å². The summed E-state index contributed by atoms with van der Waals surface area (Å²) in [5, 5.41) is 12.0. The van der Waals surface area contributed by atoms with Crippen LogP contribution in [0.3, 0.4) is 0 Å². The second-order valence-electron chi connectivity index (χ2n) is 7.68. The number of hydrogen-bond acceptors (Lipinski definition) is 6. The summed E-state index contributed by atoms with van der Waals surface area (Å²) in [6.07, 6.45) is 10.3. The van der Waals surface area contributed by atoms with Gasteiger partial charge in [0.15, 0.2) is 11.6 Å². The molecule has 160 valence electrons. The third-order valence-electron chi connectivity index (χ3n) is 5.66. The van der Waals surface area contributed by atoms with Crippen LogP contribution in [0.15, 0.2) is 36.2 Å². The van der Waals surface area contributed by atoms with Gasteiger partial charge in [-0.25, -0.2) is 15.0 Å². The lowest BCUT2D eigenvalue weighted by Gasteiger charge is -2.39. The Bertz CT molecular complexity index is 977. The van der Waals surface area contributed by atoms with Crippen molar-refractivity contribution in [3.05, 3.63) is 31.2 Å². The topological polar surface area (TPSA) is 101 Å². The van der Waals surface area contributed by atoms with Gasteiger partial charge in [-0.15, -0.1) is 0 Å². The van der Waals surface area contributed by atoms with Crippen molar-refractivity contribution in [2.45, 2.75) is 26.3 Å². The maximum atomic E-state index is 4.86. The van der Waals surface area contributed by atoms with E-state index in [-0.39, 0.29) is 0 Å². The lowest BCUT2D eigenvalue weighted by Crippen LogP contribution is -2.49. The van der Waals surface area contributed by atoms with Crippen molar-refractivity contribution in [1.82, 2.24) is 39.5 Å². The highest BCUT2D eigenvalue weighted by Gasteiger charge is 2.28. The molecule has 0 spiro atoms. The number of hydrogen-bond donors (Lipinski definition) is 2. The summed E-state index contributed by atoms with van der Waals surface area (Å²) in [5.74, 6) is 2.37. The standard InChI is InChI=1S/C20H30N10/c1-4-22-20(29-9-5-15(2)17(12-29)30-10-8-21-14-30)24-7-6-23-18-16-11-27-28(3)19(16)26-13-25-18/h8,10-11,13-15,17H,4-7,9,12H2,1-3H3,(H,22,24)(H,23,25,26). The average molecular weight is 411 g/mol. The molecule has 4 rings (SSSR count). The zero-order valence-corrected chi connectivity index (χ0v) is 17.9. The van der Waals surface area contributed by atoms with Gasteiger partial charge in [-0.1, -0.05) is 6.92 Å². The highest BCUT2D eigenvalue weighted by atomic mass is 15.3. The van der Waals surface area contributed by atoms with Gasteiger partial charge in [-0.2, -0.15) is 5.10 Å². The molecule has 1 saturated heterocycles. The van der Waals surface area contributed by atoms with E-state index in [1.54, 1.807) is 17.2 Å². The summed E-state index contributed by atoms with van der Waals surface area (Å²) in [6, 6.07) is 0.406. The summed E-state index contributed by atoms with van der Waals surface area (Å²) < 4.78 is 3.97. The Morgan fingerprint density at radius 1 is 1.33 bits per heavy atom. The smallest absolute Gasteiger partial charge is 0.194 e. The van der Waals surface area contributed by atoms with Gasteiger partial charge < -0.3 is 20.1 Å². The summed E-state index contributed by atoms with van der Waals surface area (Å²) >= 11 is 0. The molecule has 0 aliphatic carbocycles. The lowest BCUT2D eigenvalue weighted by atomic mass is 9.93. The maximum Gasteiger partial charge on any atom is 0.194 e. The number of likely N-dealkylation sites (tertiary alicyclic amines) is 1. The largest absolute Gasteiger partial charge is 0.367 e. The first-order valence-corrected chi connectivity index (χ1v) is 10.5. The van der Waals surface area contributed by atoms with Crippen LogP contribution in [0.5, 0.6) is 0 Å². The van der Waals surface area contributed by atoms with Gasteiger partial charge in [0.1, 0.15) is 12.1 Å². The lowest BCUT2D eigenvalue weighted by molar-refractivity contribution is 0.189. The Morgan fingerprint density at radius 3 is 3.03 bits per heavy atom. The van der Waals surface area contributed by atoms with Gasteiger partial charge in [0.2, 0.25) is 0 Å². The first kappa shape index (κ1) is 20.1. The Morgan fingerprint density at radius 2 is 2.23 bits per heavy atom. The number of imidazole rings is 1. The minimum Gasteiger partial charge on any atom is -0.367 e. The monoisotopic (exact) mass is 410 g/mol. The highest BCUT2D eigenvalue weighted by molar-refractivity contribution is 5.86. The van der Waals surface area contributed by atoms with Gasteiger partial charge in [-0.3, -0.25) is 9.67 Å². The third kappa shape index (κ3) is 4.22. The summed E-state index contributed by atoms with van der Waals surface area (Å²) in [5.41, 5.74) is 0.817. The molecule has 0 amide bonds. The molecule has 10 nitrogen and oxygen atoms in total. The number of guanidine groups is 1. The van der Waals surface area contributed by atoms with Crippen molar-refractivity contribution < 1.29 is 0 Å². The van der Waals surface area contributed by atoms with E-state index in [4.69, 9.17) is 4.99 Å². The second kappa shape index (κ2) is 9.10. The second-order valence-corrected chi connectivity index (χ2v) is 7.68. The zero-order chi connectivity index (χ0) is 20.9. The van der Waals surface area contributed by atoms with Crippen LogP contribution in [0.2, 0.25) is 0 Å². The highest BCUT2D eigenvalue weighted by Crippen LogP contribution is 2.27. The zero-order valence-electron chi connectivity index (χ0n) is 17.9. The van der Waals surface area contributed by atoms with Crippen LogP contribution >= 0.6 is 0 Å². The molecule has 30 heavy (non-hydrogen) atoms. The van der Waals surface area contributed by atoms with Crippen LogP contribution in [-0.4, -0.2) is 72.9 Å². The molecule has 0 bridgehead atoms. The first-order valence-electron chi connectivity index (χ1n) is 10.5. The number of anilines is 1. The fourth-order valence-corrected chi connectivity index (χ4v) is 3.96. The van der Waals surface area contributed by atoms with Crippen LogP contribution in [0.25, 0.3) is 11.0 Å². The Balaban J connectivity index is 1.40. The minimum atomic E-state index is 0.406. The van der Waals surface area contributed by atoms with Crippen molar-refractivity contribution in [3.63, 3.8) is 0 Å². The molecule has 0 saturated carbocycles. The molecule has 3 aromatic rings. The van der Waals surface area contributed by atoms with E-state index in [1.165, 1.54) is 0 Å². The molecular weight excluding hydrogens is 380 g/mol. The van der Waals surface area contributed by atoms with Crippen LogP contribution in [0, 0.1) is 5.92 Å². The predicted octanol–water partition coefficient (Wildman–Crippen LogP) is 1.52. The first-order chi connectivity index (χ1) is 14.7. The number of nitrogens with one attached hydrogen (secondary N) is 2. The van der Waals surface area contributed by atoms with E-state index in [0.29, 0.717) is 25.0 Å². The van der Waals surface area contributed by atoms with Gasteiger partial charge in [0.25, 0.3) is 0 Å². The van der Waals surface area contributed by atoms with Crippen molar-refractivity contribution in [2.24, 2.45) is 18.0 Å². The normalized spacial score (nSPS) is 20.0. The van der Waals surface area contributed by atoms with E-state index >= 15 is 0 Å². The number of fused-ring (bicyclic) bond motifs is 1. The molecule has 0 radical (unpaired) electrons. The van der Waals surface area contributed by atoms with Crippen LogP contribution in [0.1, 0.15) is 26.3 Å². The molecule has 1 aliphatic rings. The Kier molecular flexibility index (Phi) is 6.10. The number of rotatable bonds is 6. The minimum absolute atomic E-state index is 0.406. The molecule has 3 aromatic heterocycles. The average Bonchev–Trinajstić information content (AvgIpc) is 3.42. The molecule has 1 aliphatic heterocycles. The summed E-state index contributed by atoms with van der Waals surface area (Å²) in [4.78, 5) is 20.1. The number of piperidine rings is 1. The molecule has 0 aromatic carbocycles. The van der Waals surface area contributed by atoms with E-state index in [0.717, 1.165) is 48.9 Å². The van der Waals surface area contributed by atoms with Crippen LogP contribution < -0.4 is 10.6 Å². The number of aromatic nitrogens is 6. The molecule has 2 atom stereocenters. The molecule has 2 unspecified atom stereocenters. The van der Waals surface area contributed by atoms with Crippen molar-refractivity contribution in [1.29, 1.82) is 0 Å². The van der Waals surface area contributed by atoms with Gasteiger partial charge in [-0.05, 0) is 19.3 Å². The van der Waals surface area contributed by atoms with Crippen molar-refractivity contribution in [3.8, 4) is 0 Å². The number of aryl methyl sites for hydroxylation is 1. The third-order valence-corrected chi connectivity index (χ3v) is 5.66. The van der Waals surface area contributed by atoms with Crippen LogP contribution in [0.4, 0.5) is 5.82 Å². The predicted molar refractivity (Wildman–Crippen MR) is 117 cm³/mol. The fourth-order valence-electron chi connectivity index (χ4n) is 3.96. The van der Waals surface area contributed by atoms with E-state index < -0.39 is 0 Å². The summed E-state index contributed by atoms with van der Waals surface area (Å²) in [7, 11) is 1.88. The summed E-state index contributed by atoms with van der Waals surface area (Å²) in [6.45, 7) is 8.54. The fraction of sp³-hybridized carbons (Fsp3) is 0.550. The van der Waals surface area contributed by atoms with Crippen molar-refractivity contribution >= 4 is 22.8 Å². The molecule has 1 fully saturated rings. The molecule has 2 N–H and O–H groups in total. The van der Waals surface area contributed by atoms with Gasteiger partial charge >= 0.3 is 0 Å². The van der Waals surface area contributed by atoms with Crippen molar-refractivity contribution in [2.75, 3.05) is 38.0 Å². The maximum absolute atomic E-state index is 4.86. The Labute approximate surface area is 176 Å². The van der Waals surface area contributed by atoms with E-state index in [9.17, 15) is 0 Å².